The molecule has 2 heterocycles. The number of fused-ring (bicyclic) bond motifs is 1. The highest BCUT2D eigenvalue weighted by molar-refractivity contribution is 5.94. The van der Waals surface area contributed by atoms with Crippen molar-refractivity contribution < 1.29 is 9.90 Å². The van der Waals surface area contributed by atoms with Gasteiger partial charge in [0.15, 0.2) is 0 Å². The van der Waals surface area contributed by atoms with Crippen molar-refractivity contribution in [1.29, 1.82) is 0 Å². The fourth-order valence-corrected chi connectivity index (χ4v) is 3.36. The summed E-state index contributed by atoms with van der Waals surface area (Å²) in [6, 6.07) is 13.2. The van der Waals surface area contributed by atoms with Crippen LogP contribution in [0.1, 0.15) is 34.8 Å². The molecule has 1 aromatic carbocycles. The molecule has 25 heavy (non-hydrogen) atoms. The van der Waals surface area contributed by atoms with Gasteiger partial charge in [0.25, 0.3) is 5.91 Å². The maximum Gasteiger partial charge on any atom is 0.251 e. The van der Waals surface area contributed by atoms with Crippen molar-refractivity contribution >= 4 is 16.8 Å². The largest absolute Gasteiger partial charge is 0.393 e. The first-order chi connectivity index (χ1) is 12.2. The molecular weight excluding hydrogens is 314 g/mol. The summed E-state index contributed by atoms with van der Waals surface area (Å²) >= 11 is 0. The van der Waals surface area contributed by atoms with Gasteiger partial charge in [0, 0.05) is 29.5 Å². The quantitative estimate of drug-likeness (QED) is 0.770. The summed E-state index contributed by atoms with van der Waals surface area (Å²) in [5.41, 5.74) is 2.48. The van der Waals surface area contributed by atoms with E-state index in [1.165, 1.54) is 0 Å². The summed E-state index contributed by atoms with van der Waals surface area (Å²) in [6.07, 6.45) is 6.13. The molecule has 4 rings (SSSR count). The molecule has 0 unspecified atom stereocenters. The maximum atomic E-state index is 12.6. The van der Waals surface area contributed by atoms with Gasteiger partial charge in [-0.3, -0.25) is 14.8 Å². The Kier molecular flexibility index (Phi) is 4.15. The van der Waals surface area contributed by atoms with Gasteiger partial charge in [-0.15, -0.1) is 0 Å². The summed E-state index contributed by atoms with van der Waals surface area (Å²) < 4.78 is 0. The zero-order valence-electron chi connectivity index (χ0n) is 13.7. The highest BCUT2D eigenvalue weighted by Gasteiger charge is 2.36. The van der Waals surface area contributed by atoms with Crippen LogP contribution in [-0.4, -0.2) is 27.1 Å². The number of aliphatic hydroxyl groups excluding tert-OH is 1. The van der Waals surface area contributed by atoms with Gasteiger partial charge < -0.3 is 10.4 Å². The first-order valence-corrected chi connectivity index (χ1v) is 8.44. The zero-order chi connectivity index (χ0) is 17.2. The van der Waals surface area contributed by atoms with E-state index in [0.717, 1.165) is 16.5 Å². The molecule has 1 amide bonds. The number of hydrogen-bond donors (Lipinski definition) is 2. The second kappa shape index (κ2) is 6.61. The van der Waals surface area contributed by atoms with E-state index in [1.54, 1.807) is 24.5 Å². The van der Waals surface area contributed by atoms with E-state index in [0.29, 0.717) is 18.4 Å². The number of hydrogen-bond acceptors (Lipinski definition) is 4. The van der Waals surface area contributed by atoms with E-state index in [-0.39, 0.29) is 24.0 Å². The predicted octanol–water partition coefficient (Wildman–Crippen LogP) is 2.87. The third-order valence-corrected chi connectivity index (χ3v) is 4.82. The lowest BCUT2D eigenvalue weighted by molar-refractivity contribution is 0.0235. The lowest BCUT2D eigenvalue weighted by atomic mass is 9.75. The van der Waals surface area contributed by atoms with Crippen molar-refractivity contribution in [1.82, 2.24) is 15.3 Å². The fraction of sp³-hybridized carbons (Fsp3) is 0.250. The van der Waals surface area contributed by atoms with Crippen LogP contribution < -0.4 is 5.32 Å². The number of nitrogens with one attached hydrogen (secondary N) is 1. The molecule has 0 aliphatic heterocycles. The Labute approximate surface area is 145 Å². The minimum absolute atomic E-state index is 0.137. The Balaban J connectivity index is 1.64. The summed E-state index contributed by atoms with van der Waals surface area (Å²) in [5.74, 6) is 0.0747. The van der Waals surface area contributed by atoms with Crippen LogP contribution in [0, 0.1) is 5.92 Å². The van der Waals surface area contributed by atoms with Gasteiger partial charge >= 0.3 is 0 Å². The highest BCUT2D eigenvalue weighted by atomic mass is 16.3. The smallest absolute Gasteiger partial charge is 0.251 e. The van der Waals surface area contributed by atoms with E-state index in [1.807, 2.05) is 30.5 Å². The Bertz CT molecular complexity index is 892. The van der Waals surface area contributed by atoms with Gasteiger partial charge in [-0.05, 0) is 48.6 Å². The van der Waals surface area contributed by atoms with Crippen LogP contribution in [0.3, 0.4) is 0 Å². The van der Waals surface area contributed by atoms with E-state index >= 15 is 0 Å². The standard InChI is InChI=1S/C20H19N3O2/c24-17-10-15(11-17)19(23-20(25)13-5-7-21-8-6-13)16-9-14-3-1-2-4-18(14)22-12-16/h1-9,12,15,17,19,24H,10-11H2,(H,23,25)/t15?,17?,19-/m0/s1. The molecule has 0 radical (unpaired) electrons. The van der Waals surface area contributed by atoms with Crippen LogP contribution in [0.2, 0.25) is 0 Å². The molecule has 5 heteroatoms. The van der Waals surface area contributed by atoms with Crippen LogP contribution in [-0.2, 0) is 0 Å². The Morgan fingerprint density at radius 1 is 1.16 bits per heavy atom. The van der Waals surface area contributed by atoms with Gasteiger partial charge in [-0.2, -0.15) is 0 Å². The molecule has 1 saturated carbocycles. The highest BCUT2D eigenvalue weighted by Crippen LogP contribution is 2.38. The molecule has 2 N–H and O–H groups in total. The van der Waals surface area contributed by atoms with Gasteiger partial charge in [0.1, 0.15) is 0 Å². The SMILES string of the molecule is O=C(N[C@H](c1cnc2ccccc2c1)C1CC(O)C1)c1ccncc1. The number of rotatable bonds is 4. The molecule has 3 aromatic rings. The average molecular weight is 333 g/mol. The van der Waals surface area contributed by atoms with Crippen molar-refractivity contribution in [2.75, 3.05) is 0 Å². The van der Waals surface area contributed by atoms with E-state index < -0.39 is 0 Å². The topological polar surface area (TPSA) is 75.1 Å². The molecule has 2 aromatic heterocycles. The molecule has 1 aliphatic rings. The first-order valence-electron chi connectivity index (χ1n) is 8.44. The van der Waals surface area contributed by atoms with Crippen LogP contribution in [0.4, 0.5) is 0 Å². The number of aromatic nitrogens is 2. The minimum Gasteiger partial charge on any atom is -0.393 e. The van der Waals surface area contributed by atoms with Crippen molar-refractivity contribution in [3.05, 3.63) is 72.2 Å². The normalized spacial score (nSPS) is 20.7. The second-order valence-corrected chi connectivity index (χ2v) is 6.53. The number of pyridine rings is 2. The van der Waals surface area contributed by atoms with Crippen LogP contribution >= 0.6 is 0 Å². The molecule has 0 spiro atoms. The summed E-state index contributed by atoms with van der Waals surface area (Å²) in [5, 5.41) is 13.9. The lowest BCUT2D eigenvalue weighted by Gasteiger charge is -2.38. The summed E-state index contributed by atoms with van der Waals surface area (Å²) in [6.45, 7) is 0. The lowest BCUT2D eigenvalue weighted by Crippen LogP contribution is -2.41. The van der Waals surface area contributed by atoms with Crippen molar-refractivity contribution in [2.24, 2.45) is 5.92 Å². The van der Waals surface area contributed by atoms with Crippen molar-refractivity contribution in [3.8, 4) is 0 Å². The zero-order valence-corrected chi connectivity index (χ0v) is 13.7. The van der Waals surface area contributed by atoms with Gasteiger partial charge in [-0.25, -0.2) is 0 Å². The Morgan fingerprint density at radius 3 is 2.68 bits per heavy atom. The van der Waals surface area contributed by atoms with E-state index in [4.69, 9.17) is 0 Å². The van der Waals surface area contributed by atoms with Gasteiger partial charge in [0.2, 0.25) is 0 Å². The van der Waals surface area contributed by atoms with Crippen molar-refractivity contribution in [2.45, 2.75) is 25.0 Å². The number of carbonyl (C=O) groups is 1. The molecule has 5 nitrogen and oxygen atoms in total. The summed E-state index contributed by atoms with van der Waals surface area (Å²) in [4.78, 5) is 21.1. The number of para-hydroxylation sites is 1. The Morgan fingerprint density at radius 2 is 1.92 bits per heavy atom. The third-order valence-electron chi connectivity index (χ3n) is 4.82. The summed E-state index contributed by atoms with van der Waals surface area (Å²) in [7, 11) is 0. The fourth-order valence-electron chi connectivity index (χ4n) is 3.36. The number of nitrogens with zero attached hydrogens (tertiary/aromatic N) is 2. The van der Waals surface area contributed by atoms with E-state index in [2.05, 4.69) is 21.4 Å². The molecule has 1 atom stereocenters. The van der Waals surface area contributed by atoms with E-state index in [9.17, 15) is 9.90 Å². The average Bonchev–Trinajstić information content (AvgIpc) is 2.64. The molecule has 126 valence electrons. The van der Waals surface area contributed by atoms with Gasteiger partial charge in [0.05, 0.1) is 17.7 Å². The maximum absolute atomic E-state index is 12.6. The first kappa shape index (κ1) is 15.7. The monoisotopic (exact) mass is 333 g/mol. The number of aliphatic hydroxyl groups is 1. The van der Waals surface area contributed by atoms with Crippen LogP contribution in [0.5, 0.6) is 0 Å². The molecule has 0 saturated heterocycles. The number of carbonyl (C=O) groups excluding carboxylic acids is 1. The Hall–Kier alpha value is -2.79. The van der Waals surface area contributed by atoms with Crippen molar-refractivity contribution in [3.63, 3.8) is 0 Å². The van der Waals surface area contributed by atoms with Crippen LogP contribution in [0.15, 0.2) is 61.1 Å². The minimum atomic E-state index is -0.279. The predicted molar refractivity (Wildman–Crippen MR) is 94.9 cm³/mol. The molecular formula is C20H19N3O2. The number of benzene rings is 1. The van der Waals surface area contributed by atoms with Gasteiger partial charge in [-0.1, -0.05) is 18.2 Å². The van der Waals surface area contributed by atoms with Crippen LogP contribution in [0.25, 0.3) is 10.9 Å². The molecule has 0 bridgehead atoms. The third kappa shape index (κ3) is 3.23. The second-order valence-electron chi connectivity index (χ2n) is 6.53. The molecule has 1 aliphatic carbocycles. The number of amides is 1. The molecule has 1 fully saturated rings.